The highest BCUT2D eigenvalue weighted by Gasteiger charge is 2.04. The Morgan fingerprint density at radius 2 is 2.05 bits per heavy atom. The van der Waals surface area contributed by atoms with E-state index in [9.17, 15) is 9.90 Å². The van der Waals surface area contributed by atoms with E-state index in [1.807, 2.05) is 6.92 Å². The molecule has 0 aliphatic carbocycles. The van der Waals surface area contributed by atoms with Crippen LogP contribution in [0.4, 0.5) is 0 Å². The highest BCUT2D eigenvalue weighted by molar-refractivity contribution is 7.99. The van der Waals surface area contributed by atoms with E-state index < -0.39 is 0 Å². The Morgan fingerprint density at radius 3 is 2.68 bits per heavy atom. The standard InChI is InChI=1S/C15H23NO2S/c1-3-14(17)8-9-16-15(18)11-19-10-13-6-4-12(2)5-7-13/h4-7,14,17H,3,8-11H2,1-2H3,(H,16,18). The van der Waals surface area contributed by atoms with Crippen molar-refractivity contribution >= 4 is 17.7 Å². The molecule has 1 atom stereocenters. The van der Waals surface area contributed by atoms with Gasteiger partial charge in [-0.15, -0.1) is 11.8 Å². The molecule has 106 valence electrons. The van der Waals surface area contributed by atoms with Crippen LogP contribution in [0.25, 0.3) is 0 Å². The average molecular weight is 281 g/mol. The molecule has 1 amide bonds. The van der Waals surface area contributed by atoms with E-state index >= 15 is 0 Å². The fraction of sp³-hybridized carbons (Fsp3) is 0.533. The molecule has 3 nitrogen and oxygen atoms in total. The van der Waals surface area contributed by atoms with Crippen molar-refractivity contribution in [2.75, 3.05) is 12.3 Å². The van der Waals surface area contributed by atoms with Gasteiger partial charge in [0.25, 0.3) is 0 Å². The molecule has 1 aromatic rings. The summed E-state index contributed by atoms with van der Waals surface area (Å²) in [4.78, 5) is 11.5. The lowest BCUT2D eigenvalue weighted by molar-refractivity contribution is -0.118. The highest BCUT2D eigenvalue weighted by atomic mass is 32.2. The summed E-state index contributed by atoms with van der Waals surface area (Å²) in [6.45, 7) is 4.55. The van der Waals surface area contributed by atoms with E-state index in [-0.39, 0.29) is 12.0 Å². The van der Waals surface area contributed by atoms with Crippen LogP contribution in [0, 0.1) is 6.92 Å². The van der Waals surface area contributed by atoms with Crippen LogP contribution in [0.1, 0.15) is 30.9 Å². The quantitative estimate of drug-likeness (QED) is 0.770. The van der Waals surface area contributed by atoms with E-state index in [2.05, 4.69) is 36.5 Å². The number of aliphatic hydroxyl groups is 1. The molecular formula is C15H23NO2S. The van der Waals surface area contributed by atoms with E-state index in [1.54, 1.807) is 11.8 Å². The molecule has 1 unspecified atom stereocenters. The fourth-order valence-corrected chi connectivity index (χ4v) is 2.40. The van der Waals surface area contributed by atoms with Gasteiger partial charge in [-0.1, -0.05) is 36.8 Å². The second kappa shape index (κ2) is 8.99. The Balaban J connectivity index is 2.11. The number of thioether (sulfide) groups is 1. The topological polar surface area (TPSA) is 49.3 Å². The van der Waals surface area contributed by atoms with Crippen LogP contribution in [0.5, 0.6) is 0 Å². The normalized spacial score (nSPS) is 12.2. The number of amides is 1. The van der Waals surface area contributed by atoms with Crippen molar-refractivity contribution in [3.8, 4) is 0 Å². The molecule has 0 radical (unpaired) electrons. The summed E-state index contributed by atoms with van der Waals surface area (Å²) in [6, 6.07) is 8.36. The third kappa shape index (κ3) is 7.23. The van der Waals surface area contributed by atoms with Gasteiger partial charge in [-0.05, 0) is 25.3 Å². The molecule has 0 aliphatic heterocycles. The number of hydrogen-bond donors (Lipinski definition) is 2. The van der Waals surface area contributed by atoms with Crippen molar-refractivity contribution in [1.82, 2.24) is 5.32 Å². The summed E-state index contributed by atoms with van der Waals surface area (Å²) in [5, 5.41) is 12.2. The first kappa shape index (κ1) is 16.1. The number of nitrogens with one attached hydrogen (secondary N) is 1. The Labute approximate surface area is 119 Å². The zero-order valence-corrected chi connectivity index (χ0v) is 12.5. The largest absolute Gasteiger partial charge is 0.393 e. The molecule has 4 heteroatoms. The van der Waals surface area contributed by atoms with E-state index in [0.717, 1.165) is 12.2 Å². The van der Waals surface area contributed by atoms with Gasteiger partial charge in [0.2, 0.25) is 5.91 Å². The van der Waals surface area contributed by atoms with Crippen LogP contribution < -0.4 is 5.32 Å². The Kier molecular flexibility index (Phi) is 7.60. The molecule has 0 bridgehead atoms. The molecule has 0 saturated carbocycles. The molecule has 1 aromatic carbocycles. The second-order valence-corrected chi connectivity index (χ2v) is 5.66. The van der Waals surface area contributed by atoms with Gasteiger partial charge < -0.3 is 10.4 Å². The minimum atomic E-state index is -0.305. The summed E-state index contributed by atoms with van der Waals surface area (Å²) >= 11 is 1.61. The van der Waals surface area contributed by atoms with Crippen molar-refractivity contribution in [3.63, 3.8) is 0 Å². The summed E-state index contributed by atoms with van der Waals surface area (Å²) in [6.07, 6.45) is 1.06. The number of carbonyl (C=O) groups excluding carboxylic acids is 1. The van der Waals surface area contributed by atoms with Crippen LogP contribution >= 0.6 is 11.8 Å². The van der Waals surface area contributed by atoms with Crippen LogP contribution in [0.3, 0.4) is 0 Å². The molecular weight excluding hydrogens is 258 g/mol. The number of benzene rings is 1. The number of hydrogen-bond acceptors (Lipinski definition) is 3. The lowest BCUT2D eigenvalue weighted by Gasteiger charge is -2.08. The minimum Gasteiger partial charge on any atom is -0.393 e. The van der Waals surface area contributed by atoms with E-state index in [4.69, 9.17) is 0 Å². The van der Waals surface area contributed by atoms with Gasteiger partial charge in [-0.2, -0.15) is 0 Å². The Morgan fingerprint density at radius 1 is 1.37 bits per heavy atom. The third-order valence-electron chi connectivity index (χ3n) is 2.89. The maximum atomic E-state index is 11.5. The van der Waals surface area contributed by atoms with Crippen LogP contribution in [-0.2, 0) is 10.5 Å². The fourth-order valence-electron chi connectivity index (χ4n) is 1.58. The van der Waals surface area contributed by atoms with Gasteiger partial charge in [-0.25, -0.2) is 0 Å². The predicted molar refractivity (Wildman–Crippen MR) is 81.3 cm³/mol. The molecule has 0 saturated heterocycles. The van der Waals surface area contributed by atoms with Gasteiger partial charge in [0.05, 0.1) is 11.9 Å². The molecule has 0 heterocycles. The number of rotatable bonds is 8. The van der Waals surface area contributed by atoms with Gasteiger partial charge in [0, 0.05) is 12.3 Å². The predicted octanol–water partition coefficient (Wildman–Crippen LogP) is 2.51. The summed E-state index contributed by atoms with van der Waals surface area (Å²) < 4.78 is 0. The first-order valence-corrected chi connectivity index (χ1v) is 7.85. The van der Waals surface area contributed by atoms with E-state index in [1.165, 1.54) is 11.1 Å². The lowest BCUT2D eigenvalue weighted by Crippen LogP contribution is -2.28. The maximum Gasteiger partial charge on any atom is 0.230 e. The van der Waals surface area contributed by atoms with Gasteiger partial charge in [0.1, 0.15) is 0 Å². The summed E-state index contributed by atoms with van der Waals surface area (Å²) in [7, 11) is 0. The van der Waals surface area contributed by atoms with Crippen molar-refractivity contribution in [1.29, 1.82) is 0 Å². The number of aryl methyl sites for hydroxylation is 1. The Hall–Kier alpha value is -1.00. The molecule has 0 spiro atoms. The summed E-state index contributed by atoms with van der Waals surface area (Å²) in [5.74, 6) is 1.36. The second-order valence-electron chi connectivity index (χ2n) is 4.68. The van der Waals surface area contributed by atoms with Gasteiger partial charge >= 0.3 is 0 Å². The Bertz CT molecular complexity index is 378. The molecule has 0 aromatic heterocycles. The highest BCUT2D eigenvalue weighted by Crippen LogP contribution is 2.12. The molecule has 1 rings (SSSR count). The zero-order chi connectivity index (χ0) is 14.1. The van der Waals surface area contributed by atoms with Gasteiger partial charge in [0.15, 0.2) is 0 Å². The first-order valence-electron chi connectivity index (χ1n) is 6.70. The SMILES string of the molecule is CCC(O)CCNC(=O)CSCc1ccc(C)cc1. The third-order valence-corrected chi connectivity index (χ3v) is 3.90. The van der Waals surface area contributed by atoms with Crippen molar-refractivity contribution in [2.24, 2.45) is 0 Å². The number of aliphatic hydroxyl groups excluding tert-OH is 1. The number of carbonyl (C=O) groups is 1. The van der Waals surface area contributed by atoms with Crippen LogP contribution in [-0.4, -0.2) is 29.4 Å². The van der Waals surface area contributed by atoms with Crippen LogP contribution in [0.2, 0.25) is 0 Å². The molecule has 0 fully saturated rings. The van der Waals surface area contributed by atoms with E-state index in [0.29, 0.717) is 18.7 Å². The maximum absolute atomic E-state index is 11.5. The monoisotopic (exact) mass is 281 g/mol. The molecule has 2 N–H and O–H groups in total. The van der Waals surface area contributed by atoms with Crippen molar-refractivity contribution in [3.05, 3.63) is 35.4 Å². The first-order chi connectivity index (χ1) is 9.11. The van der Waals surface area contributed by atoms with Crippen LogP contribution in [0.15, 0.2) is 24.3 Å². The minimum absolute atomic E-state index is 0.0421. The van der Waals surface area contributed by atoms with Crippen molar-refractivity contribution in [2.45, 2.75) is 38.5 Å². The van der Waals surface area contributed by atoms with Crippen molar-refractivity contribution < 1.29 is 9.90 Å². The molecule has 0 aliphatic rings. The lowest BCUT2D eigenvalue weighted by atomic mass is 10.2. The summed E-state index contributed by atoms with van der Waals surface area (Å²) in [5.41, 5.74) is 2.49. The molecule has 19 heavy (non-hydrogen) atoms. The van der Waals surface area contributed by atoms with Gasteiger partial charge in [-0.3, -0.25) is 4.79 Å². The zero-order valence-electron chi connectivity index (χ0n) is 11.7. The smallest absolute Gasteiger partial charge is 0.230 e. The average Bonchev–Trinajstić information content (AvgIpc) is 2.41.